The molecule has 5 nitrogen and oxygen atoms in total. The molecular weight excluding hydrogens is 382 g/mol. The molecule has 1 N–H and O–H groups in total. The molecule has 1 aliphatic rings. The second-order valence-electron chi connectivity index (χ2n) is 7.69. The second kappa shape index (κ2) is 8.82. The number of carbonyl (C=O) groups is 1. The molecule has 1 aliphatic heterocycles. The number of ether oxygens (including phenoxy) is 1. The van der Waals surface area contributed by atoms with E-state index in [1.54, 1.807) is 18.4 Å². The Labute approximate surface area is 175 Å². The number of piperidine rings is 1. The highest BCUT2D eigenvalue weighted by molar-refractivity contribution is 7.22. The van der Waals surface area contributed by atoms with Gasteiger partial charge in [-0.05, 0) is 68.0 Å². The van der Waals surface area contributed by atoms with Crippen molar-refractivity contribution in [2.45, 2.75) is 32.6 Å². The third kappa shape index (κ3) is 4.70. The Morgan fingerprint density at radius 1 is 1.31 bits per heavy atom. The monoisotopic (exact) mass is 409 g/mol. The van der Waals surface area contributed by atoms with Crippen LogP contribution in [0, 0.1) is 12.8 Å². The highest BCUT2D eigenvalue weighted by atomic mass is 32.1. The number of amides is 1. The number of benzene rings is 2. The van der Waals surface area contributed by atoms with Gasteiger partial charge in [-0.2, -0.15) is 0 Å². The molecule has 0 spiro atoms. The molecule has 0 unspecified atom stereocenters. The third-order valence-electron chi connectivity index (χ3n) is 5.56. The number of nitrogens with zero attached hydrogens (tertiary/aromatic N) is 2. The minimum absolute atomic E-state index is 0.0791. The van der Waals surface area contributed by atoms with Gasteiger partial charge in [0.15, 0.2) is 5.13 Å². The van der Waals surface area contributed by atoms with Crippen molar-refractivity contribution in [1.29, 1.82) is 0 Å². The molecule has 0 saturated carbocycles. The molecule has 1 saturated heterocycles. The summed E-state index contributed by atoms with van der Waals surface area (Å²) in [7, 11) is 1.65. The van der Waals surface area contributed by atoms with Gasteiger partial charge in [-0.25, -0.2) is 4.98 Å². The second-order valence-corrected chi connectivity index (χ2v) is 8.70. The maximum absolute atomic E-state index is 12.5. The van der Waals surface area contributed by atoms with Crippen LogP contribution < -0.4 is 15.0 Å². The van der Waals surface area contributed by atoms with Gasteiger partial charge in [0.2, 0.25) is 5.91 Å². The number of para-hydroxylation sites is 1. The largest absolute Gasteiger partial charge is 0.497 e. The van der Waals surface area contributed by atoms with Crippen LogP contribution in [0.1, 0.15) is 31.2 Å². The van der Waals surface area contributed by atoms with Gasteiger partial charge in [0.1, 0.15) is 5.75 Å². The third-order valence-corrected chi connectivity index (χ3v) is 6.66. The van der Waals surface area contributed by atoms with E-state index in [2.05, 4.69) is 28.4 Å². The van der Waals surface area contributed by atoms with Crippen molar-refractivity contribution in [2.24, 2.45) is 5.92 Å². The van der Waals surface area contributed by atoms with Crippen LogP contribution in [0.2, 0.25) is 0 Å². The molecule has 3 aromatic rings. The lowest BCUT2D eigenvalue weighted by atomic mass is 9.93. The highest BCUT2D eigenvalue weighted by Gasteiger charge is 2.23. The van der Waals surface area contributed by atoms with Crippen LogP contribution in [0.3, 0.4) is 0 Å². The van der Waals surface area contributed by atoms with Gasteiger partial charge in [0.05, 0.1) is 17.3 Å². The summed E-state index contributed by atoms with van der Waals surface area (Å²) in [6.45, 7) is 4.01. The fourth-order valence-electron chi connectivity index (χ4n) is 3.92. The molecule has 2 aromatic carbocycles. The summed E-state index contributed by atoms with van der Waals surface area (Å²) in [5.74, 6) is 1.41. The van der Waals surface area contributed by atoms with Crippen LogP contribution in [0.15, 0.2) is 42.5 Å². The minimum atomic E-state index is 0.0791. The number of aryl methyl sites for hydroxylation is 1. The lowest BCUT2D eigenvalue weighted by Gasteiger charge is -2.32. The van der Waals surface area contributed by atoms with Crippen molar-refractivity contribution in [3.63, 3.8) is 0 Å². The van der Waals surface area contributed by atoms with E-state index in [-0.39, 0.29) is 5.91 Å². The van der Waals surface area contributed by atoms with Crippen LogP contribution in [0.4, 0.5) is 10.8 Å². The Kier molecular flexibility index (Phi) is 6.00. The van der Waals surface area contributed by atoms with Crippen molar-refractivity contribution in [3.8, 4) is 5.75 Å². The van der Waals surface area contributed by atoms with Crippen molar-refractivity contribution < 1.29 is 9.53 Å². The number of rotatable bonds is 6. The zero-order chi connectivity index (χ0) is 20.2. The molecule has 6 heteroatoms. The maximum atomic E-state index is 12.5. The molecule has 2 heterocycles. The normalized spacial score (nSPS) is 16.8. The summed E-state index contributed by atoms with van der Waals surface area (Å²) in [4.78, 5) is 19.7. The quantitative estimate of drug-likeness (QED) is 0.604. The SMILES string of the molecule is COc1ccc(NC(=O)CC[C@H]2CCCN(c3nc4ccccc4s3)C2)c(C)c1. The number of carbonyl (C=O) groups excluding carboxylic acids is 1. The zero-order valence-electron chi connectivity index (χ0n) is 17.0. The smallest absolute Gasteiger partial charge is 0.224 e. The van der Waals surface area contributed by atoms with Crippen LogP contribution in [0.5, 0.6) is 5.75 Å². The van der Waals surface area contributed by atoms with E-state index >= 15 is 0 Å². The van der Waals surface area contributed by atoms with E-state index in [9.17, 15) is 4.79 Å². The fraction of sp³-hybridized carbons (Fsp3) is 0.391. The molecule has 1 fully saturated rings. The van der Waals surface area contributed by atoms with E-state index in [1.165, 1.54) is 11.1 Å². The molecule has 1 atom stereocenters. The number of methoxy groups -OCH3 is 1. The number of fused-ring (bicyclic) bond motifs is 1. The van der Waals surface area contributed by atoms with Gasteiger partial charge in [-0.3, -0.25) is 4.79 Å². The summed E-state index contributed by atoms with van der Waals surface area (Å²) < 4.78 is 6.46. The molecule has 0 radical (unpaired) electrons. The van der Waals surface area contributed by atoms with Crippen molar-refractivity contribution >= 4 is 38.3 Å². The van der Waals surface area contributed by atoms with Gasteiger partial charge < -0.3 is 15.0 Å². The summed E-state index contributed by atoms with van der Waals surface area (Å²) >= 11 is 1.76. The average Bonchev–Trinajstić information content (AvgIpc) is 3.18. The van der Waals surface area contributed by atoms with E-state index in [0.29, 0.717) is 12.3 Å². The number of thiazole rings is 1. The maximum Gasteiger partial charge on any atom is 0.224 e. The molecule has 29 heavy (non-hydrogen) atoms. The number of anilines is 2. The summed E-state index contributed by atoms with van der Waals surface area (Å²) in [5.41, 5.74) is 2.94. The number of hydrogen-bond donors (Lipinski definition) is 1. The first-order valence-electron chi connectivity index (χ1n) is 10.2. The first kappa shape index (κ1) is 19.7. The van der Waals surface area contributed by atoms with E-state index in [1.807, 2.05) is 31.2 Å². The van der Waals surface area contributed by atoms with Gasteiger partial charge >= 0.3 is 0 Å². The van der Waals surface area contributed by atoms with E-state index in [0.717, 1.165) is 53.6 Å². The van der Waals surface area contributed by atoms with Gasteiger partial charge in [0, 0.05) is 25.2 Å². The van der Waals surface area contributed by atoms with E-state index in [4.69, 9.17) is 9.72 Å². The molecule has 0 bridgehead atoms. The fourth-order valence-corrected chi connectivity index (χ4v) is 4.92. The first-order chi connectivity index (χ1) is 14.1. The van der Waals surface area contributed by atoms with Gasteiger partial charge in [-0.15, -0.1) is 0 Å². The van der Waals surface area contributed by atoms with Crippen LogP contribution in [-0.2, 0) is 4.79 Å². The van der Waals surface area contributed by atoms with Crippen LogP contribution in [0.25, 0.3) is 10.2 Å². The first-order valence-corrected chi connectivity index (χ1v) is 11.0. The van der Waals surface area contributed by atoms with E-state index < -0.39 is 0 Å². The molecule has 1 amide bonds. The lowest BCUT2D eigenvalue weighted by molar-refractivity contribution is -0.116. The van der Waals surface area contributed by atoms with Crippen molar-refractivity contribution in [3.05, 3.63) is 48.0 Å². The van der Waals surface area contributed by atoms with Crippen molar-refractivity contribution in [1.82, 2.24) is 4.98 Å². The summed E-state index contributed by atoms with van der Waals surface area (Å²) in [6.07, 6.45) is 3.78. The van der Waals surface area contributed by atoms with Crippen LogP contribution >= 0.6 is 11.3 Å². The average molecular weight is 410 g/mol. The summed E-state index contributed by atoms with van der Waals surface area (Å²) in [6, 6.07) is 14.0. The highest BCUT2D eigenvalue weighted by Crippen LogP contribution is 2.32. The molecule has 1 aromatic heterocycles. The predicted octanol–water partition coefficient (Wildman–Crippen LogP) is 5.25. The molecule has 152 valence electrons. The minimum Gasteiger partial charge on any atom is -0.497 e. The Bertz CT molecular complexity index is 968. The predicted molar refractivity (Wildman–Crippen MR) is 120 cm³/mol. The Balaban J connectivity index is 1.32. The molecule has 4 rings (SSSR count). The Morgan fingerprint density at radius 2 is 2.17 bits per heavy atom. The number of aromatic nitrogens is 1. The van der Waals surface area contributed by atoms with Crippen LogP contribution in [-0.4, -0.2) is 31.1 Å². The number of hydrogen-bond acceptors (Lipinski definition) is 5. The molecular formula is C23H27N3O2S. The standard InChI is InChI=1S/C23H27N3O2S/c1-16-14-18(28-2)10-11-19(16)24-22(27)12-9-17-6-5-13-26(15-17)23-25-20-7-3-4-8-21(20)29-23/h3-4,7-8,10-11,14,17H,5-6,9,12-13,15H2,1-2H3,(H,24,27)/t17-/m1/s1. The zero-order valence-corrected chi connectivity index (χ0v) is 17.8. The van der Waals surface area contributed by atoms with Gasteiger partial charge in [0.25, 0.3) is 0 Å². The summed E-state index contributed by atoms with van der Waals surface area (Å²) in [5, 5.41) is 4.15. The lowest BCUT2D eigenvalue weighted by Crippen LogP contribution is -2.35. The molecule has 0 aliphatic carbocycles. The Morgan fingerprint density at radius 3 is 2.97 bits per heavy atom. The Hall–Kier alpha value is -2.60. The topological polar surface area (TPSA) is 54.5 Å². The number of nitrogens with one attached hydrogen (secondary N) is 1. The van der Waals surface area contributed by atoms with Crippen molar-refractivity contribution in [2.75, 3.05) is 30.4 Å². The van der Waals surface area contributed by atoms with Gasteiger partial charge in [-0.1, -0.05) is 23.5 Å².